The van der Waals surface area contributed by atoms with E-state index in [0.717, 1.165) is 16.7 Å². The number of carbonyl (C=O) groups excluding carboxylic acids is 2. The first-order valence-corrected chi connectivity index (χ1v) is 4.77. The first-order chi connectivity index (χ1) is 7.09. The molecule has 0 radical (unpaired) electrons. The molecule has 2 rings (SSSR count). The van der Waals surface area contributed by atoms with Gasteiger partial charge in [0, 0.05) is 0 Å². The summed E-state index contributed by atoms with van der Waals surface area (Å²) in [6, 6.07) is 4.83. The molecule has 3 amide bonds. The standard InChI is InChI=1S/C11H12N2O2/c1-6-4-3-5-7(2)8(6)9-10(14)13-11(15)12-9/h3-5,9H,1-2H3,(H2,12,13,14,15). The zero-order valence-electron chi connectivity index (χ0n) is 8.63. The highest BCUT2D eigenvalue weighted by Crippen LogP contribution is 2.23. The van der Waals surface area contributed by atoms with Crippen LogP contribution in [0.1, 0.15) is 22.7 Å². The third kappa shape index (κ3) is 1.58. The maximum absolute atomic E-state index is 11.5. The highest BCUT2D eigenvalue weighted by molar-refractivity contribution is 6.04. The molecular weight excluding hydrogens is 192 g/mol. The largest absolute Gasteiger partial charge is 0.322 e. The Bertz CT molecular complexity index is 420. The Morgan fingerprint density at radius 2 is 1.73 bits per heavy atom. The molecule has 78 valence electrons. The van der Waals surface area contributed by atoms with E-state index in [1.807, 2.05) is 32.0 Å². The van der Waals surface area contributed by atoms with E-state index in [9.17, 15) is 9.59 Å². The summed E-state index contributed by atoms with van der Waals surface area (Å²) in [6.45, 7) is 3.86. The normalized spacial score (nSPS) is 20.0. The Balaban J connectivity index is 2.46. The van der Waals surface area contributed by atoms with Crippen molar-refractivity contribution in [2.24, 2.45) is 0 Å². The van der Waals surface area contributed by atoms with E-state index >= 15 is 0 Å². The van der Waals surface area contributed by atoms with Crippen LogP contribution < -0.4 is 10.6 Å². The van der Waals surface area contributed by atoms with E-state index in [2.05, 4.69) is 10.6 Å². The fourth-order valence-electron chi connectivity index (χ4n) is 1.90. The molecule has 0 bridgehead atoms. The van der Waals surface area contributed by atoms with E-state index in [0.29, 0.717) is 0 Å². The average molecular weight is 204 g/mol. The molecule has 1 fully saturated rings. The molecule has 15 heavy (non-hydrogen) atoms. The summed E-state index contributed by atoms with van der Waals surface area (Å²) in [5.74, 6) is -0.280. The van der Waals surface area contributed by atoms with Crippen LogP contribution >= 0.6 is 0 Å². The van der Waals surface area contributed by atoms with Gasteiger partial charge in [0.15, 0.2) is 0 Å². The Hall–Kier alpha value is -1.84. The molecule has 0 spiro atoms. The van der Waals surface area contributed by atoms with Crippen LogP contribution in [0.3, 0.4) is 0 Å². The predicted octanol–water partition coefficient (Wildman–Crippen LogP) is 1.18. The van der Waals surface area contributed by atoms with Crippen molar-refractivity contribution in [1.29, 1.82) is 0 Å². The number of nitrogens with one attached hydrogen (secondary N) is 2. The van der Waals surface area contributed by atoms with Gasteiger partial charge in [-0.3, -0.25) is 10.1 Å². The minimum atomic E-state index is -0.543. The zero-order valence-corrected chi connectivity index (χ0v) is 8.63. The van der Waals surface area contributed by atoms with Gasteiger partial charge >= 0.3 is 6.03 Å². The number of aryl methyl sites for hydroxylation is 2. The van der Waals surface area contributed by atoms with Gasteiger partial charge in [-0.15, -0.1) is 0 Å². The van der Waals surface area contributed by atoms with Gasteiger partial charge in [-0.2, -0.15) is 0 Å². The number of hydrogen-bond acceptors (Lipinski definition) is 2. The Morgan fingerprint density at radius 1 is 1.13 bits per heavy atom. The fourth-order valence-corrected chi connectivity index (χ4v) is 1.90. The predicted molar refractivity (Wildman–Crippen MR) is 55.3 cm³/mol. The fraction of sp³-hybridized carbons (Fsp3) is 0.273. The summed E-state index contributed by atoms with van der Waals surface area (Å²) < 4.78 is 0. The van der Waals surface area contributed by atoms with E-state index in [1.54, 1.807) is 0 Å². The van der Waals surface area contributed by atoms with Crippen molar-refractivity contribution in [2.45, 2.75) is 19.9 Å². The van der Waals surface area contributed by atoms with Crippen LogP contribution in [-0.2, 0) is 4.79 Å². The van der Waals surface area contributed by atoms with Crippen LogP contribution in [0, 0.1) is 13.8 Å². The maximum atomic E-state index is 11.5. The van der Waals surface area contributed by atoms with Gasteiger partial charge in [-0.25, -0.2) is 4.79 Å². The third-order valence-corrected chi connectivity index (χ3v) is 2.61. The van der Waals surface area contributed by atoms with Crippen molar-refractivity contribution in [1.82, 2.24) is 10.6 Å². The van der Waals surface area contributed by atoms with Gasteiger partial charge in [-0.1, -0.05) is 18.2 Å². The van der Waals surface area contributed by atoms with Crippen molar-refractivity contribution < 1.29 is 9.59 Å². The van der Waals surface area contributed by atoms with Crippen molar-refractivity contribution >= 4 is 11.9 Å². The molecule has 1 atom stereocenters. The lowest BCUT2D eigenvalue weighted by Gasteiger charge is -2.13. The van der Waals surface area contributed by atoms with Gasteiger partial charge in [0.2, 0.25) is 0 Å². The molecular formula is C11H12N2O2. The monoisotopic (exact) mass is 204 g/mol. The molecule has 0 aromatic heterocycles. The zero-order chi connectivity index (χ0) is 11.0. The average Bonchev–Trinajstić information content (AvgIpc) is 2.45. The van der Waals surface area contributed by atoms with Crippen molar-refractivity contribution in [3.05, 3.63) is 34.9 Å². The lowest BCUT2D eigenvalue weighted by atomic mass is 9.96. The molecule has 1 aliphatic rings. The molecule has 4 heteroatoms. The first kappa shape index (κ1) is 9.71. The molecule has 2 N–H and O–H groups in total. The maximum Gasteiger partial charge on any atom is 0.322 e. The molecule has 1 aromatic carbocycles. The van der Waals surface area contributed by atoms with Crippen LogP contribution in [0.2, 0.25) is 0 Å². The van der Waals surface area contributed by atoms with Crippen molar-refractivity contribution in [3.8, 4) is 0 Å². The summed E-state index contributed by atoms with van der Waals surface area (Å²) >= 11 is 0. The lowest BCUT2D eigenvalue weighted by Crippen LogP contribution is -2.22. The molecule has 1 unspecified atom stereocenters. The van der Waals surface area contributed by atoms with Gasteiger partial charge in [0.25, 0.3) is 5.91 Å². The van der Waals surface area contributed by atoms with Gasteiger partial charge < -0.3 is 5.32 Å². The Kier molecular flexibility index (Phi) is 2.19. The number of amides is 3. The summed E-state index contributed by atoms with van der Waals surface area (Å²) in [4.78, 5) is 22.5. The number of rotatable bonds is 1. The third-order valence-electron chi connectivity index (χ3n) is 2.61. The minimum absolute atomic E-state index is 0.280. The van der Waals surface area contributed by atoms with Gasteiger partial charge in [0.1, 0.15) is 6.04 Å². The summed E-state index contributed by atoms with van der Waals surface area (Å²) in [5.41, 5.74) is 2.91. The number of imide groups is 1. The second kappa shape index (κ2) is 3.38. The smallest absolute Gasteiger partial charge is 0.322 e. The number of carbonyl (C=O) groups is 2. The van der Waals surface area contributed by atoms with Gasteiger partial charge in [-0.05, 0) is 30.5 Å². The van der Waals surface area contributed by atoms with Crippen LogP contribution in [0.4, 0.5) is 4.79 Å². The van der Waals surface area contributed by atoms with E-state index in [-0.39, 0.29) is 5.91 Å². The number of hydrogen-bond donors (Lipinski definition) is 2. The van der Waals surface area contributed by atoms with Crippen LogP contribution in [0.15, 0.2) is 18.2 Å². The molecule has 0 aliphatic carbocycles. The van der Waals surface area contributed by atoms with Crippen LogP contribution in [0.25, 0.3) is 0 Å². The van der Waals surface area contributed by atoms with E-state index < -0.39 is 12.1 Å². The van der Waals surface area contributed by atoms with Crippen molar-refractivity contribution in [3.63, 3.8) is 0 Å². The quantitative estimate of drug-likeness (QED) is 0.675. The molecule has 1 saturated heterocycles. The second-order valence-corrected chi connectivity index (χ2v) is 3.70. The van der Waals surface area contributed by atoms with Crippen LogP contribution in [0.5, 0.6) is 0 Å². The molecule has 4 nitrogen and oxygen atoms in total. The molecule has 1 aromatic rings. The molecule has 1 heterocycles. The first-order valence-electron chi connectivity index (χ1n) is 4.77. The molecule has 1 aliphatic heterocycles. The highest BCUT2D eigenvalue weighted by Gasteiger charge is 2.32. The minimum Gasteiger partial charge on any atom is -0.322 e. The second-order valence-electron chi connectivity index (χ2n) is 3.70. The van der Waals surface area contributed by atoms with E-state index in [4.69, 9.17) is 0 Å². The topological polar surface area (TPSA) is 58.2 Å². The summed E-state index contributed by atoms with van der Waals surface area (Å²) in [5, 5.41) is 4.83. The summed E-state index contributed by atoms with van der Waals surface area (Å²) in [7, 11) is 0. The number of benzene rings is 1. The SMILES string of the molecule is Cc1cccc(C)c1C1NC(=O)NC1=O. The van der Waals surface area contributed by atoms with Crippen molar-refractivity contribution in [2.75, 3.05) is 0 Å². The highest BCUT2D eigenvalue weighted by atomic mass is 16.2. The summed E-state index contributed by atoms with van der Waals surface area (Å²) in [6.07, 6.45) is 0. The Labute approximate surface area is 87.7 Å². The lowest BCUT2D eigenvalue weighted by molar-refractivity contribution is -0.120. The van der Waals surface area contributed by atoms with Crippen LogP contribution in [-0.4, -0.2) is 11.9 Å². The van der Waals surface area contributed by atoms with Gasteiger partial charge in [0.05, 0.1) is 0 Å². The Morgan fingerprint density at radius 3 is 2.20 bits per heavy atom. The molecule has 0 saturated carbocycles. The van der Waals surface area contributed by atoms with E-state index in [1.165, 1.54) is 0 Å². The number of urea groups is 1.